The summed E-state index contributed by atoms with van der Waals surface area (Å²) in [6.45, 7) is 1.34. The lowest BCUT2D eigenvalue weighted by Gasteiger charge is -2.13. The molecular weight excluding hydrogens is 280 g/mol. The minimum absolute atomic E-state index is 0.0734. The Morgan fingerprint density at radius 2 is 2.09 bits per heavy atom. The standard InChI is InChI=1S/C17H24N2O3/c20-16(12-21-11-13-5-6-13)19-10-14-7-8-18-17(9-14)22-15-3-1-2-4-15/h7-9,13,15H,1-6,10-12H2,(H,19,20). The fourth-order valence-corrected chi connectivity index (χ4v) is 2.66. The zero-order chi connectivity index (χ0) is 15.2. The van der Waals surface area contributed by atoms with E-state index >= 15 is 0 Å². The van der Waals surface area contributed by atoms with E-state index in [1.807, 2.05) is 12.1 Å². The van der Waals surface area contributed by atoms with E-state index in [1.165, 1.54) is 25.7 Å². The summed E-state index contributed by atoms with van der Waals surface area (Å²) in [6, 6.07) is 3.80. The summed E-state index contributed by atoms with van der Waals surface area (Å²) >= 11 is 0. The molecule has 0 spiro atoms. The van der Waals surface area contributed by atoms with Crippen molar-refractivity contribution in [2.45, 2.75) is 51.2 Å². The monoisotopic (exact) mass is 304 g/mol. The van der Waals surface area contributed by atoms with Gasteiger partial charge in [0.1, 0.15) is 12.7 Å². The van der Waals surface area contributed by atoms with E-state index in [0.717, 1.165) is 18.4 Å². The summed E-state index contributed by atoms with van der Waals surface area (Å²) in [6.07, 6.45) is 9.21. The van der Waals surface area contributed by atoms with Crippen LogP contribution < -0.4 is 10.1 Å². The van der Waals surface area contributed by atoms with E-state index < -0.39 is 0 Å². The number of amides is 1. The van der Waals surface area contributed by atoms with Crippen molar-refractivity contribution in [2.24, 2.45) is 5.92 Å². The molecule has 1 N–H and O–H groups in total. The molecule has 0 aliphatic heterocycles. The van der Waals surface area contributed by atoms with Gasteiger partial charge in [-0.15, -0.1) is 0 Å². The number of hydrogen-bond acceptors (Lipinski definition) is 4. The number of nitrogens with zero attached hydrogens (tertiary/aromatic N) is 1. The molecule has 0 atom stereocenters. The van der Waals surface area contributed by atoms with Gasteiger partial charge in [-0.2, -0.15) is 0 Å². The Bertz CT molecular complexity index is 496. The highest BCUT2D eigenvalue weighted by molar-refractivity contribution is 5.77. The summed E-state index contributed by atoms with van der Waals surface area (Å²) in [5.74, 6) is 1.27. The molecule has 0 unspecified atom stereocenters. The van der Waals surface area contributed by atoms with Crippen molar-refractivity contribution in [3.63, 3.8) is 0 Å². The molecule has 2 aliphatic carbocycles. The molecule has 1 aromatic rings. The first-order valence-electron chi connectivity index (χ1n) is 8.25. The van der Waals surface area contributed by atoms with Crippen molar-refractivity contribution >= 4 is 5.91 Å². The molecule has 0 saturated heterocycles. The highest BCUT2D eigenvalue weighted by atomic mass is 16.5. The van der Waals surface area contributed by atoms with Crippen LogP contribution in [0.5, 0.6) is 5.88 Å². The second-order valence-electron chi connectivity index (χ2n) is 6.26. The van der Waals surface area contributed by atoms with Gasteiger partial charge >= 0.3 is 0 Å². The predicted molar refractivity (Wildman–Crippen MR) is 82.5 cm³/mol. The van der Waals surface area contributed by atoms with Crippen LogP contribution in [0, 0.1) is 5.92 Å². The summed E-state index contributed by atoms with van der Waals surface area (Å²) in [5.41, 5.74) is 0.999. The Labute approximate surface area is 131 Å². The predicted octanol–water partition coefficient (Wildman–Crippen LogP) is 2.45. The molecule has 120 valence electrons. The van der Waals surface area contributed by atoms with E-state index in [9.17, 15) is 4.79 Å². The van der Waals surface area contributed by atoms with Crippen molar-refractivity contribution in [3.05, 3.63) is 23.9 Å². The Morgan fingerprint density at radius 1 is 1.27 bits per heavy atom. The maximum absolute atomic E-state index is 11.7. The second-order valence-corrected chi connectivity index (χ2v) is 6.26. The van der Waals surface area contributed by atoms with Gasteiger partial charge in [0.05, 0.1) is 6.61 Å². The Morgan fingerprint density at radius 3 is 2.86 bits per heavy atom. The number of carbonyl (C=O) groups is 1. The molecule has 2 saturated carbocycles. The van der Waals surface area contributed by atoms with E-state index in [4.69, 9.17) is 9.47 Å². The average Bonchev–Trinajstić information content (AvgIpc) is 3.21. The normalized spacial score (nSPS) is 18.4. The fourth-order valence-electron chi connectivity index (χ4n) is 2.66. The number of hydrogen-bond donors (Lipinski definition) is 1. The third kappa shape index (κ3) is 4.98. The largest absolute Gasteiger partial charge is 0.474 e. The lowest BCUT2D eigenvalue weighted by molar-refractivity contribution is -0.126. The molecular formula is C17H24N2O3. The Kier molecular flexibility index (Phi) is 5.27. The number of pyridine rings is 1. The third-order valence-electron chi connectivity index (χ3n) is 4.16. The lowest BCUT2D eigenvalue weighted by atomic mass is 10.2. The molecule has 0 aromatic carbocycles. The van der Waals surface area contributed by atoms with Crippen LogP contribution in [0.3, 0.4) is 0 Å². The van der Waals surface area contributed by atoms with Gasteiger partial charge in [-0.25, -0.2) is 4.98 Å². The smallest absolute Gasteiger partial charge is 0.246 e. The van der Waals surface area contributed by atoms with Crippen LogP contribution in [0.1, 0.15) is 44.1 Å². The Hall–Kier alpha value is -1.62. The molecule has 2 aliphatic rings. The van der Waals surface area contributed by atoms with Crippen LogP contribution in [0.4, 0.5) is 0 Å². The van der Waals surface area contributed by atoms with Crippen LogP contribution in [0.15, 0.2) is 18.3 Å². The van der Waals surface area contributed by atoms with Crippen LogP contribution in [0.2, 0.25) is 0 Å². The minimum atomic E-state index is -0.0734. The van der Waals surface area contributed by atoms with E-state index in [2.05, 4.69) is 10.3 Å². The number of aromatic nitrogens is 1. The molecule has 0 bridgehead atoms. The van der Waals surface area contributed by atoms with Gasteiger partial charge in [-0.3, -0.25) is 4.79 Å². The van der Waals surface area contributed by atoms with Crippen LogP contribution in [0.25, 0.3) is 0 Å². The molecule has 1 amide bonds. The summed E-state index contributed by atoms with van der Waals surface area (Å²) in [5, 5.41) is 2.87. The van der Waals surface area contributed by atoms with Crippen LogP contribution >= 0.6 is 0 Å². The maximum atomic E-state index is 11.7. The summed E-state index contributed by atoms with van der Waals surface area (Å²) in [4.78, 5) is 15.9. The average molecular weight is 304 g/mol. The molecule has 22 heavy (non-hydrogen) atoms. The first-order chi connectivity index (χ1) is 10.8. The fraction of sp³-hybridized carbons (Fsp3) is 0.647. The van der Waals surface area contributed by atoms with Crippen molar-refractivity contribution in [1.29, 1.82) is 0 Å². The first-order valence-corrected chi connectivity index (χ1v) is 8.25. The second kappa shape index (κ2) is 7.58. The number of nitrogens with one attached hydrogen (secondary N) is 1. The van der Waals surface area contributed by atoms with E-state index in [-0.39, 0.29) is 12.5 Å². The molecule has 5 heteroatoms. The van der Waals surface area contributed by atoms with E-state index in [1.54, 1.807) is 6.20 Å². The topological polar surface area (TPSA) is 60.5 Å². The zero-order valence-electron chi connectivity index (χ0n) is 12.9. The molecule has 1 heterocycles. The highest BCUT2D eigenvalue weighted by Crippen LogP contribution is 2.28. The van der Waals surface area contributed by atoms with Crippen LogP contribution in [-0.4, -0.2) is 30.2 Å². The molecule has 0 radical (unpaired) electrons. The van der Waals surface area contributed by atoms with Gasteiger partial charge in [0.25, 0.3) is 0 Å². The minimum Gasteiger partial charge on any atom is -0.474 e. The van der Waals surface area contributed by atoms with Gasteiger partial charge < -0.3 is 14.8 Å². The van der Waals surface area contributed by atoms with Gasteiger partial charge in [-0.1, -0.05) is 0 Å². The van der Waals surface area contributed by atoms with Gasteiger partial charge in [0.2, 0.25) is 11.8 Å². The zero-order valence-corrected chi connectivity index (χ0v) is 12.9. The van der Waals surface area contributed by atoms with Gasteiger partial charge in [-0.05, 0) is 56.1 Å². The maximum Gasteiger partial charge on any atom is 0.246 e. The number of ether oxygens (including phenoxy) is 2. The SMILES string of the molecule is O=C(COCC1CC1)NCc1ccnc(OC2CCCC2)c1. The van der Waals surface area contributed by atoms with Gasteiger partial charge in [0.15, 0.2) is 0 Å². The first kappa shape index (κ1) is 15.3. The number of rotatable bonds is 8. The van der Waals surface area contributed by atoms with E-state index in [0.29, 0.717) is 31.1 Å². The molecule has 3 rings (SSSR count). The van der Waals surface area contributed by atoms with Gasteiger partial charge in [0, 0.05) is 18.8 Å². The van der Waals surface area contributed by atoms with Crippen molar-refractivity contribution in [1.82, 2.24) is 10.3 Å². The molecule has 2 fully saturated rings. The number of carbonyl (C=O) groups excluding carboxylic acids is 1. The molecule has 1 aromatic heterocycles. The third-order valence-corrected chi connectivity index (χ3v) is 4.16. The van der Waals surface area contributed by atoms with Crippen molar-refractivity contribution < 1.29 is 14.3 Å². The molecule has 5 nitrogen and oxygen atoms in total. The highest BCUT2D eigenvalue weighted by Gasteiger charge is 2.21. The quantitative estimate of drug-likeness (QED) is 0.801. The summed E-state index contributed by atoms with van der Waals surface area (Å²) in [7, 11) is 0. The Balaban J connectivity index is 1.40. The van der Waals surface area contributed by atoms with Crippen molar-refractivity contribution in [2.75, 3.05) is 13.2 Å². The van der Waals surface area contributed by atoms with Crippen molar-refractivity contribution in [3.8, 4) is 5.88 Å². The summed E-state index contributed by atoms with van der Waals surface area (Å²) < 4.78 is 11.2. The lowest BCUT2D eigenvalue weighted by Crippen LogP contribution is -2.27. The van der Waals surface area contributed by atoms with Crippen LogP contribution in [-0.2, 0) is 16.1 Å².